The molecule has 0 bridgehead atoms. The van der Waals surface area contributed by atoms with Crippen LogP contribution in [0.3, 0.4) is 0 Å². The maximum Gasteiger partial charge on any atom is 0.227 e. The second-order valence-electron chi connectivity index (χ2n) is 6.54. The molecule has 0 spiro atoms. The average Bonchev–Trinajstić information content (AvgIpc) is 3.42. The lowest BCUT2D eigenvalue weighted by Crippen LogP contribution is -2.31. The maximum atomic E-state index is 12.8. The van der Waals surface area contributed by atoms with Gasteiger partial charge in [0.05, 0.1) is 17.0 Å². The second-order valence-corrected chi connectivity index (χ2v) is 8.57. The van der Waals surface area contributed by atoms with Gasteiger partial charge in [0, 0.05) is 23.5 Å². The topological polar surface area (TPSA) is 59.2 Å². The fourth-order valence-electron chi connectivity index (χ4n) is 3.28. The summed E-state index contributed by atoms with van der Waals surface area (Å²) < 4.78 is 0. The van der Waals surface area contributed by atoms with Gasteiger partial charge in [-0.15, -0.1) is 22.7 Å². The fraction of sp³-hybridized carbons (Fsp3) is 0.300. The molecule has 1 fully saturated rings. The van der Waals surface area contributed by atoms with Crippen LogP contribution in [0.15, 0.2) is 47.8 Å². The molecule has 1 atom stereocenters. The van der Waals surface area contributed by atoms with E-state index in [4.69, 9.17) is 10.7 Å². The van der Waals surface area contributed by atoms with Gasteiger partial charge in [0.1, 0.15) is 5.01 Å². The van der Waals surface area contributed by atoms with Crippen molar-refractivity contribution in [3.8, 4) is 21.1 Å². The minimum absolute atomic E-state index is 0.182. The first kappa shape index (κ1) is 17.4. The summed E-state index contributed by atoms with van der Waals surface area (Å²) in [7, 11) is 0. The first-order valence-electron chi connectivity index (χ1n) is 8.81. The summed E-state index contributed by atoms with van der Waals surface area (Å²) >= 11 is 3.29. The molecule has 0 aliphatic carbocycles. The number of hydrogen-bond acceptors (Lipinski definition) is 5. The number of thiazole rings is 1. The molecule has 2 aromatic heterocycles. The normalized spacial score (nSPS) is 17.0. The molecule has 1 aliphatic rings. The van der Waals surface area contributed by atoms with Crippen molar-refractivity contribution in [2.75, 3.05) is 19.6 Å². The third kappa shape index (κ3) is 3.58. The van der Waals surface area contributed by atoms with E-state index in [0.29, 0.717) is 18.9 Å². The summed E-state index contributed by atoms with van der Waals surface area (Å²) in [6.07, 6.45) is 1.42. The monoisotopic (exact) mass is 383 g/mol. The zero-order valence-corrected chi connectivity index (χ0v) is 16.1. The van der Waals surface area contributed by atoms with E-state index >= 15 is 0 Å². The Kier molecular flexibility index (Phi) is 5.15. The summed E-state index contributed by atoms with van der Waals surface area (Å²) in [4.78, 5) is 21.8. The SMILES string of the molecule is NC[C@H]1CCN(C(=O)Cc2sc(-c3ccccc3)nc2-c2cccs2)C1. The number of likely N-dealkylation sites (tertiary alicyclic amines) is 1. The van der Waals surface area contributed by atoms with Crippen LogP contribution < -0.4 is 5.73 Å². The van der Waals surface area contributed by atoms with Crippen molar-refractivity contribution in [1.29, 1.82) is 0 Å². The maximum absolute atomic E-state index is 12.8. The van der Waals surface area contributed by atoms with E-state index in [9.17, 15) is 4.79 Å². The summed E-state index contributed by atoms with van der Waals surface area (Å²) in [5.74, 6) is 0.624. The molecule has 0 unspecified atom stereocenters. The van der Waals surface area contributed by atoms with Gasteiger partial charge in [0.2, 0.25) is 5.91 Å². The van der Waals surface area contributed by atoms with Crippen LogP contribution in [0, 0.1) is 5.92 Å². The van der Waals surface area contributed by atoms with E-state index in [1.807, 2.05) is 29.2 Å². The quantitative estimate of drug-likeness (QED) is 0.727. The van der Waals surface area contributed by atoms with E-state index in [2.05, 4.69) is 23.6 Å². The van der Waals surface area contributed by atoms with Crippen molar-refractivity contribution >= 4 is 28.6 Å². The van der Waals surface area contributed by atoms with Crippen molar-refractivity contribution in [1.82, 2.24) is 9.88 Å². The first-order chi connectivity index (χ1) is 12.7. The third-order valence-electron chi connectivity index (χ3n) is 4.76. The first-order valence-corrected chi connectivity index (χ1v) is 10.5. The Morgan fingerprint density at radius 1 is 1.23 bits per heavy atom. The van der Waals surface area contributed by atoms with Crippen LogP contribution in [0.25, 0.3) is 21.1 Å². The van der Waals surface area contributed by atoms with Crippen molar-refractivity contribution in [3.63, 3.8) is 0 Å². The molecule has 1 aliphatic heterocycles. The lowest BCUT2D eigenvalue weighted by molar-refractivity contribution is -0.129. The van der Waals surface area contributed by atoms with Crippen LogP contribution in [0.1, 0.15) is 11.3 Å². The molecule has 0 radical (unpaired) electrons. The van der Waals surface area contributed by atoms with E-state index < -0.39 is 0 Å². The van der Waals surface area contributed by atoms with E-state index in [0.717, 1.165) is 45.5 Å². The molecule has 1 amide bonds. The smallest absolute Gasteiger partial charge is 0.227 e. The van der Waals surface area contributed by atoms with Gasteiger partial charge in [-0.3, -0.25) is 4.79 Å². The fourth-order valence-corrected chi connectivity index (χ4v) is 5.16. The number of carbonyl (C=O) groups excluding carboxylic acids is 1. The number of carbonyl (C=O) groups is 1. The Labute approximate surface area is 161 Å². The van der Waals surface area contributed by atoms with Crippen molar-refractivity contribution in [2.45, 2.75) is 12.8 Å². The Morgan fingerprint density at radius 3 is 2.77 bits per heavy atom. The minimum atomic E-state index is 0.182. The average molecular weight is 384 g/mol. The number of benzene rings is 1. The molecule has 134 valence electrons. The largest absolute Gasteiger partial charge is 0.342 e. The lowest BCUT2D eigenvalue weighted by Gasteiger charge is -2.16. The molecule has 0 saturated carbocycles. The highest BCUT2D eigenvalue weighted by Crippen LogP contribution is 2.36. The number of amides is 1. The highest BCUT2D eigenvalue weighted by atomic mass is 32.1. The van der Waals surface area contributed by atoms with Crippen molar-refractivity contribution in [2.24, 2.45) is 11.7 Å². The second kappa shape index (κ2) is 7.70. The van der Waals surface area contributed by atoms with Gasteiger partial charge in [-0.25, -0.2) is 4.98 Å². The molecule has 4 rings (SSSR count). The van der Waals surface area contributed by atoms with Crippen LogP contribution in [0.2, 0.25) is 0 Å². The van der Waals surface area contributed by atoms with Crippen LogP contribution >= 0.6 is 22.7 Å². The number of thiophene rings is 1. The van der Waals surface area contributed by atoms with Gasteiger partial charge in [-0.1, -0.05) is 36.4 Å². The molecule has 2 N–H and O–H groups in total. The zero-order chi connectivity index (χ0) is 17.9. The summed E-state index contributed by atoms with van der Waals surface area (Å²) in [5, 5.41) is 3.02. The van der Waals surface area contributed by atoms with Crippen LogP contribution in [-0.4, -0.2) is 35.4 Å². The van der Waals surface area contributed by atoms with E-state index in [1.165, 1.54) is 0 Å². The van der Waals surface area contributed by atoms with Gasteiger partial charge < -0.3 is 10.6 Å². The molecule has 1 saturated heterocycles. The van der Waals surface area contributed by atoms with Gasteiger partial charge in [-0.2, -0.15) is 0 Å². The van der Waals surface area contributed by atoms with Gasteiger partial charge >= 0.3 is 0 Å². The summed E-state index contributed by atoms with van der Waals surface area (Å²) in [5.41, 5.74) is 7.81. The van der Waals surface area contributed by atoms with Crippen molar-refractivity contribution < 1.29 is 4.79 Å². The molecular weight excluding hydrogens is 362 g/mol. The Bertz CT molecular complexity index is 874. The summed E-state index contributed by atoms with van der Waals surface area (Å²) in [6.45, 7) is 2.26. The lowest BCUT2D eigenvalue weighted by atomic mass is 10.1. The molecule has 6 heteroatoms. The highest BCUT2D eigenvalue weighted by Gasteiger charge is 2.27. The van der Waals surface area contributed by atoms with Crippen molar-refractivity contribution in [3.05, 3.63) is 52.7 Å². The number of hydrogen-bond donors (Lipinski definition) is 1. The molecule has 26 heavy (non-hydrogen) atoms. The van der Waals surface area contributed by atoms with E-state index in [-0.39, 0.29) is 5.91 Å². The predicted molar refractivity (Wildman–Crippen MR) is 108 cm³/mol. The molecule has 1 aromatic carbocycles. The minimum Gasteiger partial charge on any atom is -0.342 e. The number of aromatic nitrogens is 1. The Morgan fingerprint density at radius 2 is 2.08 bits per heavy atom. The molecule has 3 heterocycles. The van der Waals surface area contributed by atoms with Gasteiger partial charge in [0.25, 0.3) is 0 Å². The number of rotatable bonds is 5. The highest BCUT2D eigenvalue weighted by molar-refractivity contribution is 7.17. The number of nitrogens with two attached hydrogens (primary N) is 1. The van der Waals surface area contributed by atoms with Gasteiger partial charge in [0.15, 0.2) is 0 Å². The molecule has 3 aromatic rings. The number of nitrogens with zero attached hydrogens (tertiary/aromatic N) is 2. The standard InChI is InChI=1S/C20H21N3OS2/c21-12-14-8-9-23(13-14)18(24)11-17-19(16-7-4-10-25-16)22-20(26-17)15-5-2-1-3-6-15/h1-7,10,14H,8-9,11-13,21H2/t14-/m1/s1. The predicted octanol–water partition coefficient (Wildman–Crippen LogP) is 3.89. The van der Waals surface area contributed by atoms with Crippen LogP contribution in [-0.2, 0) is 11.2 Å². The molecule has 4 nitrogen and oxygen atoms in total. The summed E-state index contributed by atoms with van der Waals surface area (Å²) in [6, 6.07) is 14.3. The third-order valence-corrected chi connectivity index (χ3v) is 6.74. The Hall–Kier alpha value is -2.02. The van der Waals surface area contributed by atoms with Crippen LogP contribution in [0.5, 0.6) is 0 Å². The Balaban J connectivity index is 1.62. The van der Waals surface area contributed by atoms with Crippen LogP contribution in [0.4, 0.5) is 0 Å². The zero-order valence-electron chi connectivity index (χ0n) is 14.4. The van der Waals surface area contributed by atoms with E-state index in [1.54, 1.807) is 22.7 Å². The molecular formula is C20H21N3OS2. The van der Waals surface area contributed by atoms with Gasteiger partial charge in [-0.05, 0) is 30.3 Å².